The number of hydrogen-bond acceptors (Lipinski definition) is 4. The van der Waals surface area contributed by atoms with E-state index >= 15 is 0 Å². The number of pyridine rings is 1. The second-order valence-electron chi connectivity index (χ2n) is 4.93. The summed E-state index contributed by atoms with van der Waals surface area (Å²) in [7, 11) is -2.25. The molecule has 6 nitrogen and oxygen atoms in total. The molecule has 0 fully saturated rings. The number of alkyl halides is 3. The molecule has 10 heteroatoms. The summed E-state index contributed by atoms with van der Waals surface area (Å²) in [6.45, 7) is -0.126. The molecule has 0 amide bonds. The number of aryl methyl sites for hydroxylation is 1. The Bertz CT molecular complexity index is 772. The highest BCUT2D eigenvalue weighted by Gasteiger charge is 2.29. The molecule has 2 aromatic heterocycles. The highest BCUT2D eigenvalue weighted by molar-refractivity contribution is 7.89. The van der Waals surface area contributed by atoms with Gasteiger partial charge in [-0.25, -0.2) is 13.1 Å². The third kappa shape index (κ3) is 5.32. The molecule has 2 aromatic rings. The van der Waals surface area contributed by atoms with Gasteiger partial charge in [-0.1, -0.05) is 0 Å². The molecule has 0 radical (unpaired) electrons. The van der Waals surface area contributed by atoms with Crippen LogP contribution in [0.15, 0.2) is 30.7 Å². The Morgan fingerprint density at radius 1 is 1.30 bits per heavy atom. The first-order valence-corrected chi connectivity index (χ1v) is 8.28. The van der Waals surface area contributed by atoms with Gasteiger partial charge in [-0.2, -0.15) is 18.3 Å². The van der Waals surface area contributed by atoms with Crippen molar-refractivity contribution in [2.24, 2.45) is 7.05 Å². The maximum absolute atomic E-state index is 12.1. The van der Waals surface area contributed by atoms with Crippen molar-refractivity contribution in [3.8, 4) is 11.3 Å². The van der Waals surface area contributed by atoms with Crippen LogP contribution in [0.4, 0.5) is 13.2 Å². The zero-order valence-corrected chi connectivity index (χ0v) is 13.0. The maximum Gasteiger partial charge on any atom is 0.390 e. The summed E-state index contributed by atoms with van der Waals surface area (Å²) in [6, 6.07) is 3.48. The van der Waals surface area contributed by atoms with Crippen LogP contribution in [0.25, 0.3) is 11.3 Å². The van der Waals surface area contributed by atoms with Crippen LogP contribution in [0.5, 0.6) is 0 Å². The Balaban J connectivity index is 2.03. The Morgan fingerprint density at radius 2 is 2.04 bits per heavy atom. The van der Waals surface area contributed by atoms with E-state index in [2.05, 4.69) is 14.8 Å². The van der Waals surface area contributed by atoms with Crippen LogP contribution in [-0.2, 0) is 23.6 Å². The van der Waals surface area contributed by atoms with Crippen molar-refractivity contribution in [1.29, 1.82) is 0 Å². The van der Waals surface area contributed by atoms with Gasteiger partial charge in [0.05, 0.1) is 17.9 Å². The molecule has 2 heterocycles. The zero-order valence-electron chi connectivity index (χ0n) is 12.2. The predicted molar refractivity (Wildman–Crippen MR) is 77.7 cm³/mol. The van der Waals surface area contributed by atoms with Gasteiger partial charge >= 0.3 is 6.18 Å². The van der Waals surface area contributed by atoms with Crippen molar-refractivity contribution in [3.63, 3.8) is 0 Å². The molecule has 126 valence electrons. The second kappa shape index (κ2) is 6.67. The number of hydrogen-bond donors (Lipinski definition) is 1. The molecular formula is C13H15F3N4O2S. The summed E-state index contributed by atoms with van der Waals surface area (Å²) in [5, 5.41) is 4.03. The van der Waals surface area contributed by atoms with Gasteiger partial charge in [0.15, 0.2) is 0 Å². The largest absolute Gasteiger partial charge is 0.390 e. The van der Waals surface area contributed by atoms with Crippen molar-refractivity contribution in [1.82, 2.24) is 19.5 Å². The number of halogens is 3. The number of nitrogens with one attached hydrogen (secondary N) is 1. The Morgan fingerprint density at radius 3 is 2.65 bits per heavy atom. The van der Waals surface area contributed by atoms with E-state index in [0.29, 0.717) is 5.56 Å². The summed E-state index contributed by atoms with van der Waals surface area (Å²) >= 11 is 0. The molecule has 0 aromatic carbocycles. The van der Waals surface area contributed by atoms with Crippen LogP contribution in [-0.4, -0.2) is 35.1 Å². The molecule has 0 spiro atoms. The number of sulfonamides is 1. The third-order valence-electron chi connectivity index (χ3n) is 3.06. The Hall–Kier alpha value is -1.94. The van der Waals surface area contributed by atoms with Crippen LogP contribution >= 0.6 is 0 Å². The van der Waals surface area contributed by atoms with Crippen molar-refractivity contribution in [2.45, 2.75) is 19.1 Å². The summed E-state index contributed by atoms with van der Waals surface area (Å²) in [6.07, 6.45) is -1.22. The molecule has 23 heavy (non-hydrogen) atoms. The Kier molecular flexibility index (Phi) is 5.05. The molecule has 0 bridgehead atoms. The minimum Gasteiger partial charge on any atom is -0.268 e. The first kappa shape index (κ1) is 17.4. The van der Waals surface area contributed by atoms with E-state index in [1.54, 1.807) is 36.3 Å². The lowest BCUT2D eigenvalue weighted by Crippen LogP contribution is -2.28. The average molecular weight is 348 g/mol. The highest BCUT2D eigenvalue weighted by atomic mass is 32.2. The molecule has 0 aliphatic heterocycles. The van der Waals surface area contributed by atoms with E-state index in [1.807, 2.05) is 0 Å². The molecule has 1 N–H and O–H groups in total. The minimum absolute atomic E-state index is 0.126. The van der Waals surface area contributed by atoms with Gasteiger partial charge < -0.3 is 0 Å². The van der Waals surface area contributed by atoms with Gasteiger partial charge in [0, 0.05) is 37.7 Å². The third-order valence-corrected chi connectivity index (χ3v) is 4.39. The summed E-state index contributed by atoms with van der Waals surface area (Å²) in [4.78, 5) is 4.01. The van der Waals surface area contributed by atoms with Gasteiger partial charge in [0.1, 0.15) is 0 Å². The molecule has 0 aliphatic carbocycles. The van der Waals surface area contributed by atoms with E-state index in [-0.39, 0.29) is 6.54 Å². The average Bonchev–Trinajstić information content (AvgIpc) is 2.89. The van der Waals surface area contributed by atoms with Crippen molar-refractivity contribution < 1.29 is 21.6 Å². The number of nitrogens with zero attached hydrogens (tertiary/aromatic N) is 3. The number of rotatable bonds is 6. The summed E-state index contributed by atoms with van der Waals surface area (Å²) in [5.41, 5.74) is 2.07. The molecule has 0 unspecified atom stereocenters. The predicted octanol–water partition coefficient (Wildman–Crippen LogP) is 1.85. The van der Waals surface area contributed by atoms with Crippen molar-refractivity contribution in [2.75, 3.05) is 5.75 Å². The first-order chi connectivity index (χ1) is 10.7. The molecule has 2 rings (SSSR count). The zero-order chi connectivity index (χ0) is 17.1. The topological polar surface area (TPSA) is 76.9 Å². The summed E-state index contributed by atoms with van der Waals surface area (Å²) in [5.74, 6) is -0.995. The monoisotopic (exact) mass is 348 g/mol. The molecule has 0 saturated carbocycles. The van der Waals surface area contributed by atoms with Crippen molar-refractivity contribution >= 4 is 10.0 Å². The lowest BCUT2D eigenvalue weighted by molar-refractivity contribution is -0.129. The van der Waals surface area contributed by atoms with E-state index in [0.717, 1.165) is 11.3 Å². The first-order valence-electron chi connectivity index (χ1n) is 6.63. The molecule has 0 saturated heterocycles. The fourth-order valence-corrected chi connectivity index (χ4v) is 2.93. The van der Waals surface area contributed by atoms with Gasteiger partial charge in [-0.3, -0.25) is 9.67 Å². The highest BCUT2D eigenvalue weighted by Crippen LogP contribution is 2.20. The van der Waals surface area contributed by atoms with E-state index in [1.165, 1.54) is 6.20 Å². The maximum atomic E-state index is 12.1. The van der Waals surface area contributed by atoms with Crippen LogP contribution in [0.1, 0.15) is 12.0 Å². The van der Waals surface area contributed by atoms with Crippen LogP contribution in [0.2, 0.25) is 0 Å². The second-order valence-corrected chi connectivity index (χ2v) is 6.85. The fourth-order valence-electron chi connectivity index (χ4n) is 1.90. The van der Waals surface area contributed by atoms with Gasteiger partial charge in [-0.05, 0) is 17.7 Å². The minimum atomic E-state index is -4.50. The SMILES string of the molecule is Cn1nccc1-c1cncc(CNS(=O)(=O)CCC(F)(F)F)c1. The standard InChI is InChI=1S/C13H15F3N4O2S/c1-20-12(2-4-18-20)11-6-10(7-17-9-11)8-19-23(21,22)5-3-13(14,15)16/h2,4,6-7,9,19H,3,5,8H2,1H3. The van der Waals surface area contributed by atoms with E-state index in [4.69, 9.17) is 0 Å². The van der Waals surface area contributed by atoms with Crippen LogP contribution < -0.4 is 4.72 Å². The normalized spacial score (nSPS) is 12.5. The lowest BCUT2D eigenvalue weighted by atomic mass is 10.1. The van der Waals surface area contributed by atoms with Gasteiger partial charge in [-0.15, -0.1) is 0 Å². The van der Waals surface area contributed by atoms with Gasteiger partial charge in [0.2, 0.25) is 10.0 Å². The molecule has 0 aliphatic rings. The molecular weight excluding hydrogens is 333 g/mol. The fraction of sp³-hybridized carbons (Fsp3) is 0.385. The van der Waals surface area contributed by atoms with E-state index < -0.39 is 28.4 Å². The van der Waals surface area contributed by atoms with Crippen LogP contribution in [0, 0.1) is 0 Å². The van der Waals surface area contributed by atoms with Crippen LogP contribution in [0.3, 0.4) is 0 Å². The quantitative estimate of drug-likeness (QED) is 0.864. The summed E-state index contributed by atoms with van der Waals surface area (Å²) < 4.78 is 63.2. The van der Waals surface area contributed by atoms with Gasteiger partial charge in [0.25, 0.3) is 0 Å². The lowest BCUT2D eigenvalue weighted by Gasteiger charge is -2.09. The van der Waals surface area contributed by atoms with Crippen molar-refractivity contribution in [3.05, 3.63) is 36.3 Å². The Labute approximate surface area is 131 Å². The smallest absolute Gasteiger partial charge is 0.268 e. The molecule has 0 atom stereocenters. The number of aromatic nitrogens is 3. The van der Waals surface area contributed by atoms with E-state index in [9.17, 15) is 21.6 Å².